The second-order valence-corrected chi connectivity index (χ2v) is 5.76. The zero-order valence-corrected chi connectivity index (χ0v) is 13.7. The van der Waals surface area contributed by atoms with Gasteiger partial charge in [0.1, 0.15) is 18.2 Å². The fraction of sp³-hybridized carbons (Fsp3) is 0.143. The van der Waals surface area contributed by atoms with Gasteiger partial charge >= 0.3 is 0 Å². The third-order valence-electron chi connectivity index (χ3n) is 2.53. The molecule has 0 unspecified atom stereocenters. The lowest BCUT2D eigenvalue weighted by atomic mass is 10.2. The molecule has 0 fully saturated rings. The van der Waals surface area contributed by atoms with Crippen molar-refractivity contribution < 1.29 is 9.13 Å². The number of halogens is 4. The van der Waals surface area contributed by atoms with Gasteiger partial charge in [0.05, 0.1) is 9.50 Å². The van der Waals surface area contributed by atoms with Gasteiger partial charge in [0.2, 0.25) is 0 Å². The molecule has 0 aromatic heterocycles. The highest BCUT2D eigenvalue weighted by atomic mass is 79.9. The summed E-state index contributed by atoms with van der Waals surface area (Å²) in [4.78, 5) is 0. The highest BCUT2D eigenvalue weighted by Crippen LogP contribution is 2.28. The molecule has 0 radical (unpaired) electrons. The Morgan fingerprint density at radius 3 is 2.47 bits per heavy atom. The number of alkyl halides is 1. The van der Waals surface area contributed by atoms with Crippen LogP contribution in [0.15, 0.2) is 40.9 Å². The van der Waals surface area contributed by atoms with E-state index in [0.29, 0.717) is 6.61 Å². The Morgan fingerprint density at radius 1 is 1.11 bits per heavy atom. The molecule has 100 valence electrons. The van der Waals surface area contributed by atoms with Crippen molar-refractivity contribution >= 4 is 43.5 Å². The quantitative estimate of drug-likeness (QED) is 0.589. The van der Waals surface area contributed by atoms with Gasteiger partial charge in [0.15, 0.2) is 0 Å². The summed E-state index contributed by atoms with van der Waals surface area (Å²) in [7, 11) is 0. The van der Waals surface area contributed by atoms with Crippen LogP contribution < -0.4 is 4.74 Å². The first-order chi connectivity index (χ1) is 9.10. The first-order valence-corrected chi connectivity index (χ1v) is 7.80. The van der Waals surface area contributed by atoms with Crippen molar-refractivity contribution in [1.29, 1.82) is 0 Å². The highest BCUT2D eigenvalue weighted by molar-refractivity contribution is 9.10. The van der Waals surface area contributed by atoms with Gasteiger partial charge in [-0.05, 0) is 51.3 Å². The predicted octanol–water partition coefficient (Wildman–Crippen LogP) is 5.72. The molecule has 0 saturated heterocycles. The molecule has 19 heavy (non-hydrogen) atoms. The molecule has 2 rings (SSSR count). The molecule has 0 amide bonds. The van der Waals surface area contributed by atoms with Crippen molar-refractivity contribution in [1.82, 2.24) is 0 Å². The summed E-state index contributed by atoms with van der Waals surface area (Å²) >= 11 is 12.6. The van der Waals surface area contributed by atoms with Crippen molar-refractivity contribution in [2.45, 2.75) is 11.9 Å². The molecule has 0 spiro atoms. The molecule has 2 aromatic carbocycles. The maximum absolute atomic E-state index is 13.0. The maximum Gasteiger partial charge on any atom is 0.141 e. The monoisotopic (exact) mass is 406 g/mol. The molecule has 5 heteroatoms. The summed E-state index contributed by atoms with van der Waals surface area (Å²) in [6.45, 7) is 0.340. The first-order valence-electron chi connectivity index (χ1n) is 5.51. The van der Waals surface area contributed by atoms with Crippen molar-refractivity contribution in [2.24, 2.45) is 0 Å². The molecular formula is C14H10Br2ClFO. The van der Waals surface area contributed by atoms with Crippen LogP contribution in [0.1, 0.15) is 11.1 Å². The van der Waals surface area contributed by atoms with Crippen LogP contribution in [0.5, 0.6) is 5.75 Å². The zero-order valence-electron chi connectivity index (χ0n) is 9.80. The van der Waals surface area contributed by atoms with Crippen LogP contribution in [-0.4, -0.2) is 0 Å². The van der Waals surface area contributed by atoms with E-state index in [1.54, 1.807) is 12.1 Å². The van der Waals surface area contributed by atoms with Crippen LogP contribution in [0.25, 0.3) is 0 Å². The average molecular weight is 408 g/mol. The minimum Gasteiger partial charge on any atom is -0.488 e. The molecule has 0 bridgehead atoms. The van der Waals surface area contributed by atoms with Crippen molar-refractivity contribution in [3.8, 4) is 5.75 Å². The second-order valence-electron chi connectivity index (χ2n) is 3.94. The number of hydrogen-bond acceptors (Lipinski definition) is 1. The molecule has 0 aliphatic heterocycles. The topological polar surface area (TPSA) is 9.23 Å². The molecule has 2 aromatic rings. The second kappa shape index (κ2) is 6.73. The van der Waals surface area contributed by atoms with Gasteiger partial charge in [0.25, 0.3) is 0 Å². The molecule has 0 aliphatic carbocycles. The summed E-state index contributed by atoms with van der Waals surface area (Å²) in [5.74, 6) is 0.318. The van der Waals surface area contributed by atoms with Gasteiger partial charge in [-0.3, -0.25) is 0 Å². The Kier molecular flexibility index (Phi) is 5.25. The lowest BCUT2D eigenvalue weighted by Gasteiger charge is -2.09. The summed E-state index contributed by atoms with van der Waals surface area (Å²) in [5.41, 5.74) is 1.98. The predicted molar refractivity (Wildman–Crippen MR) is 82.5 cm³/mol. The third kappa shape index (κ3) is 3.94. The fourth-order valence-electron chi connectivity index (χ4n) is 1.54. The van der Waals surface area contributed by atoms with Gasteiger partial charge in [-0.25, -0.2) is 4.39 Å². The minimum absolute atomic E-state index is 0.106. The van der Waals surface area contributed by atoms with E-state index in [2.05, 4.69) is 31.9 Å². The lowest BCUT2D eigenvalue weighted by Crippen LogP contribution is -1.97. The number of ether oxygens (including phenoxy) is 1. The number of rotatable bonds is 4. The Morgan fingerprint density at radius 2 is 1.84 bits per heavy atom. The van der Waals surface area contributed by atoms with E-state index in [-0.39, 0.29) is 5.02 Å². The molecular weight excluding hydrogens is 398 g/mol. The smallest absolute Gasteiger partial charge is 0.141 e. The Hall–Kier alpha value is -0.580. The van der Waals surface area contributed by atoms with Crippen molar-refractivity contribution in [3.05, 3.63) is 62.8 Å². The molecule has 0 saturated carbocycles. The van der Waals surface area contributed by atoms with E-state index in [9.17, 15) is 4.39 Å². The number of benzene rings is 2. The Balaban J connectivity index is 2.07. The van der Waals surface area contributed by atoms with Crippen LogP contribution in [0.2, 0.25) is 5.02 Å². The number of hydrogen-bond donors (Lipinski definition) is 0. The molecule has 0 heterocycles. The van der Waals surface area contributed by atoms with Gasteiger partial charge < -0.3 is 4.74 Å². The third-order valence-corrected chi connectivity index (χ3v) is 4.09. The normalized spacial score (nSPS) is 10.5. The van der Waals surface area contributed by atoms with Gasteiger partial charge in [0, 0.05) is 5.33 Å². The van der Waals surface area contributed by atoms with E-state index in [1.807, 2.05) is 18.2 Å². The van der Waals surface area contributed by atoms with E-state index >= 15 is 0 Å². The fourth-order valence-corrected chi connectivity index (χ4v) is 2.63. The SMILES string of the molecule is Fc1ccc(COc2ccc(CBr)cc2Br)cc1Cl. The zero-order chi connectivity index (χ0) is 13.8. The maximum atomic E-state index is 13.0. The van der Waals surface area contributed by atoms with E-state index in [4.69, 9.17) is 16.3 Å². The largest absolute Gasteiger partial charge is 0.488 e. The molecule has 0 N–H and O–H groups in total. The summed E-state index contributed by atoms with van der Waals surface area (Å²) in [6, 6.07) is 10.4. The van der Waals surface area contributed by atoms with E-state index in [1.165, 1.54) is 6.07 Å². The van der Waals surface area contributed by atoms with Gasteiger partial charge in [-0.15, -0.1) is 0 Å². The van der Waals surface area contributed by atoms with E-state index in [0.717, 1.165) is 26.7 Å². The first kappa shape index (κ1) is 14.8. The van der Waals surface area contributed by atoms with Crippen LogP contribution in [0.3, 0.4) is 0 Å². The highest BCUT2D eigenvalue weighted by Gasteiger charge is 2.05. The van der Waals surface area contributed by atoms with Crippen molar-refractivity contribution in [2.75, 3.05) is 0 Å². The van der Waals surface area contributed by atoms with Crippen LogP contribution in [-0.2, 0) is 11.9 Å². The van der Waals surface area contributed by atoms with Crippen molar-refractivity contribution in [3.63, 3.8) is 0 Å². The summed E-state index contributed by atoms with van der Waals surface area (Å²) in [5, 5.41) is 0.897. The molecule has 0 atom stereocenters. The van der Waals surface area contributed by atoms with Crippen LogP contribution in [0, 0.1) is 5.82 Å². The van der Waals surface area contributed by atoms with Crippen LogP contribution >= 0.6 is 43.5 Å². The van der Waals surface area contributed by atoms with Gasteiger partial charge in [-0.2, -0.15) is 0 Å². The Bertz CT molecular complexity index is 590. The van der Waals surface area contributed by atoms with E-state index < -0.39 is 5.82 Å². The summed E-state index contributed by atoms with van der Waals surface area (Å²) < 4.78 is 19.6. The van der Waals surface area contributed by atoms with Crippen LogP contribution in [0.4, 0.5) is 4.39 Å². The Labute approximate surface area is 133 Å². The summed E-state index contributed by atoms with van der Waals surface area (Å²) in [6.07, 6.45) is 0. The minimum atomic E-state index is -0.423. The standard InChI is InChI=1S/C14H10Br2ClFO/c15-7-9-2-4-14(11(16)5-9)19-8-10-1-3-13(18)12(17)6-10/h1-6H,7-8H2. The lowest BCUT2D eigenvalue weighted by molar-refractivity contribution is 0.304. The van der Waals surface area contributed by atoms with Gasteiger partial charge in [-0.1, -0.05) is 39.7 Å². The molecule has 0 aliphatic rings. The molecule has 1 nitrogen and oxygen atoms in total. The average Bonchev–Trinajstić information content (AvgIpc) is 2.41.